The molecule has 2 atom stereocenters. The molecular weight excluding hydrogens is 178 g/mol. The monoisotopic (exact) mass is 184 g/mol. The molecule has 0 radical (unpaired) electrons. The molecule has 0 unspecified atom stereocenters. The average Bonchev–Trinajstić information content (AvgIpc) is 1.82. The zero-order valence-electron chi connectivity index (χ0n) is 8.11. The smallest absolute Gasteiger partial charge is 0.550 e. The van der Waals surface area contributed by atoms with Gasteiger partial charge in [-0.2, -0.15) is 0 Å². The van der Waals surface area contributed by atoms with Crippen LogP contribution in [0.1, 0.15) is 12.8 Å². The van der Waals surface area contributed by atoms with Crippen LogP contribution in [0.5, 0.6) is 0 Å². The molecule has 0 aliphatic heterocycles. The van der Waals surface area contributed by atoms with E-state index in [2.05, 4.69) is 0 Å². The van der Waals surface area contributed by atoms with E-state index in [-0.39, 0.29) is 37.7 Å². The number of rotatable bonds is 3. The minimum atomic E-state index is -1.81. The van der Waals surface area contributed by atoms with Crippen molar-refractivity contribution in [1.82, 2.24) is 0 Å². The maximum absolute atomic E-state index is 10.7. The van der Waals surface area contributed by atoms with Crippen molar-refractivity contribution in [3.8, 4) is 0 Å². The number of hydrogen-bond donors (Lipinski definition) is 0. The fraction of sp³-hybridized carbons (Fsp3) is 0.571. The Balaban J connectivity index is 0. The topological polar surface area (TPSA) is 97.3 Å². The molecule has 14 heavy (non-hydrogen) atoms. The number of carboxylic acids is 2. The van der Waals surface area contributed by atoms with Crippen LogP contribution in [0.3, 0.4) is 0 Å². The fourth-order valence-corrected chi connectivity index (χ4v) is 1.25. The summed E-state index contributed by atoms with van der Waals surface area (Å²) in [7, 11) is 0. The number of carbonyl (C=O) groups excluding carboxylic acids is 3. The quantitative estimate of drug-likeness (QED) is 0.320. The van der Waals surface area contributed by atoms with Gasteiger partial charge in [0.15, 0.2) is 5.78 Å². The van der Waals surface area contributed by atoms with Crippen LogP contribution in [0.15, 0.2) is 0 Å². The third-order valence-corrected chi connectivity index (χ3v) is 2.12. The van der Waals surface area contributed by atoms with Crippen molar-refractivity contribution < 1.29 is 62.3 Å². The van der Waals surface area contributed by atoms with Crippen molar-refractivity contribution in [3.05, 3.63) is 0 Å². The predicted molar refractivity (Wildman–Crippen MR) is 31.2 cm³/mol. The molecule has 0 spiro atoms. The van der Waals surface area contributed by atoms with Gasteiger partial charge in [0, 0.05) is 17.8 Å². The van der Waals surface area contributed by atoms with E-state index in [1.807, 2.05) is 0 Å². The Hall–Kier alpha value is -0.195. The fourth-order valence-electron chi connectivity index (χ4n) is 1.25. The maximum Gasteiger partial charge on any atom is 1.00 e. The minimum Gasteiger partial charge on any atom is -0.550 e. The van der Waals surface area contributed by atoms with Crippen molar-refractivity contribution in [2.75, 3.05) is 0 Å². The zero-order valence-corrected chi connectivity index (χ0v) is 8.11. The SMILES string of the molecule is O=C([O-])C(=O)[C@H]1CC[C@@H]1C(=O)[O-].[Li+].[Li+]. The molecule has 7 heteroatoms. The van der Waals surface area contributed by atoms with Crippen molar-refractivity contribution >= 4 is 17.7 Å². The van der Waals surface area contributed by atoms with Crippen LogP contribution in [0.2, 0.25) is 0 Å². The molecule has 0 saturated heterocycles. The molecule has 66 valence electrons. The molecule has 0 aromatic heterocycles. The van der Waals surface area contributed by atoms with Crippen molar-refractivity contribution in [3.63, 3.8) is 0 Å². The van der Waals surface area contributed by atoms with Crippen molar-refractivity contribution in [1.29, 1.82) is 0 Å². The summed E-state index contributed by atoms with van der Waals surface area (Å²) in [5, 5.41) is 20.3. The molecule has 0 aromatic carbocycles. The van der Waals surface area contributed by atoms with Gasteiger partial charge in [-0.15, -0.1) is 0 Å². The van der Waals surface area contributed by atoms with Crippen molar-refractivity contribution in [2.24, 2.45) is 11.8 Å². The Morgan fingerprint density at radius 1 is 0.929 bits per heavy atom. The molecule has 1 saturated carbocycles. The second-order valence-electron chi connectivity index (χ2n) is 2.76. The van der Waals surface area contributed by atoms with Crippen LogP contribution in [0.25, 0.3) is 0 Å². The number of ketones is 1. The first-order chi connectivity index (χ1) is 5.54. The summed E-state index contributed by atoms with van der Waals surface area (Å²) in [5.74, 6) is -6.17. The van der Waals surface area contributed by atoms with E-state index in [4.69, 9.17) is 0 Å². The molecule has 1 aliphatic rings. The van der Waals surface area contributed by atoms with Crippen LogP contribution in [-0.2, 0) is 14.4 Å². The minimum absolute atomic E-state index is 0. The van der Waals surface area contributed by atoms with Gasteiger partial charge in [0.2, 0.25) is 0 Å². The summed E-state index contributed by atoms with van der Waals surface area (Å²) >= 11 is 0. The van der Waals surface area contributed by atoms with Gasteiger partial charge in [0.1, 0.15) is 5.97 Å². The number of Topliss-reactive ketones (excluding diaryl/α,β-unsaturated/α-hetero) is 1. The molecule has 1 rings (SSSR count). The average molecular weight is 184 g/mol. The molecule has 5 nitrogen and oxygen atoms in total. The molecular formula is C7H6Li2O5. The third-order valence-electron chi connectivity index (χ3n) is 2.12. The van der Waals surface area contributed by atoms with Crippen molar-refractivity contribution in [2.45, 2.75) is 12.8 Å². The Bertz CT molecular complexity index is 252. The first-order valence-corrected chi connectivity index (χ1v) is 3.50. The van der Waals surface area contributed by atoms with Crippen LogP contribution < -0.4 is 47.9 Å². The van der Waals surface area contributed by atoms with E-state index in [1.54, 1.807) is 0 Å². The zero-order chi connectivity index (χ0) is 9.30. The normalized spacial score (nSPS) is 23.4. The summed E-state index contributed by atoms with van der Waals surface area (Å²) < 4.78 is 0. The van der Waals surface area contributed by atoms with Gasteiger partial charge in [0.25, 0.3) is 0 Å². The maximum atomic E-state index is 10.7. The van der Waals surface area contributed by atoms with Crippen LogP contribution in [0.4, 0.5) is 0 Å². The van der Waals surface area contributed by atoms with E-state index < -0.39 is 29.6 Å². The molecule has 0 bridgehead atoms. The van der Waals surface area contributed by atoms with Gasteiger partial charge >= 0.3 is 37.7 Å². The van der Waals surface area contributed by atoms with Gasteiger partial charge < -0.3 is 19.8 Å². The Morgan fingerprint density at radius 3 is 1.57 bits per heavy atom. The molecule has 0 heterocycles. The second-order valence-corrected chi connectivity index (χ2v) is 2.76. The van der Waals surface area contributed by atoms with Gasteiger partial charge in [0.05, 0.1) is 0 Å². The molecule has 1 fully saturated rings. The first kappa shape index (κ1) is 16.2. The summed E-state index contributed by atoms with van der Waals surface area (Å²) in [6.07, 6.45) is 0.609. The van der Waals surface area contributed by atoms with Gasteiger partial charge in [-0.3, -0.25) is 4.79 Å². The van der Waals surface area contributed by atoms with Gasteiger partial charge in [-0.25, -0.2) is 0 Å². The number of aliphatic carboxylic acids is 2. The summed E-state index contributed by atoms with van der Waals surface area (Å²) in [6.45, 7) is 0. The standard InChI is InChI=1S/C7H8O5.2Li/c8-5(7(11)12)3-1-2-4(3)6(9)10;;/h3-4H,1-2H2,(H,9,10)(H,11,12);;/q;2*+1/p-2/t3-,4-;;/m0../s1. The van der Waals surface area contributed by atoms with Crippen LogP contribution in [0, 0.1) is 11.8 Å². The molecule has 0 N–H and O–H groups in total. The third kappa shape index (κ3) is 3.18. The number of carbonyl (C=O) groups is 3. The van der Waals surface area contributed by atoms with Gasteiger partial charge in [-0.05, 0) is 12.8 Å². The van der Waals surface area contributed by atoms with Crippen LogP contribution in [-0.4, -0.2) is 17.7 Å². The van der Waals surface area contributed by atoms with Crippen LogP contribution >= 0.6 is 0 Å². The predicted octanol–water partition coefficient (Wildman–Crippen LogP) is -8.91. The van der Waals surface area contributed by atoms with E-state index in [0.717, 1.165) is 0 Å². The van der Waals surface area contributed by atoms with E-state index in [0.29, 0.717) is 12.8 Å². The molecule has 0 amide bonds. The number of hydrogen-bond acceptors (Lipinski definition) is 5. The van der Waals surface area contributed by atoms with E-state index in [1.165, 1.54) is 0 Å². The summed E-state index contributed by atoms with van der Waals surface area (Å²) in [6, 6.07) is 0. The van der Waals surface area contributed by atoms with Gasteiger partial charge in [-0.1, -0.05) is 0 Å². The summed E-state index contributed by atoms with van der Waals surface area (Å²) in [5.41, 5.74) is 0. The Labute approximate surface area is 105 Å². The molecule has 0 aromatic rings. The Morgan fingerprint density at radius 2 is 1.36 bits per heavy atom. The van der Waals surface area contributed by atoms with E-state index >= 15 is 0 Å². The second kappa shape index (κ2) is 6.32. The first-order valence-electron chi connectivity index (χ1n) is 3.50. The summed E-state index contributed by atoms with van der Waals surface area (Å²) in [4.78, 5) is 31.0. The molecule has 1 aliphatic carbocycles. The number of carboxylic acid groups (broad SMARTS) is 2. The van der Waals surface area contributed by atoms with E-state index in [9.17, 15) is 24.6 Å². The largest absolute Gasteiger partial charge is 1.00 e. The Kier molecular flexibility index (Phi) is 7.33.